The van der Waals surface area contributed by atoms with Gasteiger partial charge in [0.25, 0.3) is 0 Å². The number of benzene rings is 3. The van der Waals surface area contributed by atoms with E-state index in [0.717, 1.165) is 24.3 Å². The van der Waals surface area contributed by atoms with Gasteiger partial charge >= 0.3 is 6.18 Å². The highest BCUT2D eigenvalue weighted by Crippen LogP contribution is 2.45. The lowest BCUT2D eigenvalue weighted by Gasteiger charge is -2.38. The molecule has 0 aliphatic rings. The van der Waals surface area contributed by atoms with Gasteiger partial charge in [-0.2, -0.15) is 18.3 Å². The van der Waals surface area contributed by atoms with Gasteiger partial charge < -0.3 is 10.2 Å². The molecule has 0 radical (unpaired) electrons. The molecule has 4 rings (SSSR count). The molecule has 10 heteroatoms. The van der Waals surface area contributed by atoms with E-state index < -0.39 is 47.5 Å². The predicted octanol–water partition coefficient (Wildman–Crippen LogP) is 7.05. The highest BCUT2D eigenvalue weighted by atomic mass is 19.4. The van der Waals surface area contributed by atoms with Gasteiger partial charge in [0.1, 0.15) is 23.1 Å². The quantitative estimate of drug-likeness (QED) is 0.249. The minimum atomic E-state index is -5.03. The Hall–Kier alpha value is -3.53. The van der Waals surface area contributed by atoms with Gasteiger partial charge in [0, 0.05) is 17.0 Å². The number of nitrogens with zero attached hydrogens (tertiary/aromatic N) is 2. The van der Waals surface area contributed by atoms with Crippen LogP contribution in [0.3, 0.4) is 0 Å². The molecule has 202 valence electrons. The summed E-state index contributed by atoms with van der Waals surface area (Å²) in [4.78, 5) is 0. The normalized spacial score (nSPS) is 14.2. The standard InChI is InChI=1S/C28H26F6N2O2/c1-16-10-17(20-14-35-36(24(20)11-16)23-6-4-19(30)13-22(23)31)8-9-27(38,28(32,33)34)15-26(2,3)21-12-18(29)5-7-25(21)37/h4-7,10-14,37-38H,8-9,15H2,1-3H3/t27-/m0/s1. The number of fused-ring (bicyclic) bond motifs is 1. The summed E-state index contributed by atoms with van der Waals surface area (Å²) in [6.07, 6.45) is -5.43. The minimum absolute atomic E-state index is 0.0265. The smallest absolute Gasteiger partial charge is 0.417 e. The Labute approximate surface area is 215 Å². The summed E-state index contributed by atoms with van der Waals surface area (Å²) in [7, 11) is 0. The zero-order valence-electron chi connectivity index (χ0n) is 20.9. The highest BCUT2D eigenvalue weighted by molar-refractivity contribution is 5.84. The van der Waals surface area contributed by atoms with Crippen LogP contribution < -0.4 is 0 Å². The van der Waals surface area contributed by atoms with E-state index in [2.05, 4.69) is 5.10 Å². The lowest BCUT2D eigenvalue weighted by molar-refractivity contribution is -0.269. The van der Waals surface area contributed by atoms with Crippen molar-refractivity contribution in [3.05, 3.63) is 88.9 Å². The molecule has 2 N–H and O–H groups in total. The summed E-state index contributed by atoms with van der Waals surface area (Å²) < 4.78 is 85.6. The number of aromatic nitrogens is 2. The number of rotatable bonds is 7. The van der Waals surface area contributed by atoms with E-state index in [0.29, 0.717) is 28.1 Å². The van der Waals surface area contributed by atoms with Crippen LogP contribution in [0, 0.1) is 24.4 Å². The summed E-state index contributed by atoms with van der Waals surface area (Å²) in [5.74, 6) is -2.72. The number of phenolic OH excluding ortho intramolecular Hbond substituents is 1. The minimum Gasteiger partial charge on any atom is -0.508 e. The second-order valence-corrected chi connectivity index (χ2v) is 10.3. The third kappa shape index (κ3) is 5.22. The number of phenols is 1. The van der Waals surface area contributed by atoms with E-state index in [9.17, 15) is 36.6 Å². The maximum absolute atomic E-state index is 14.4. The van der Waals surface area contributed by atoms with Gasteiger partial charge in [-0.15, -0.1) is 0 Å². The molecule has 0 fully saturated rings. The van der Waals surface area contributed by atoms with Crippen LogP contribution in [0.4, 0.5) is 26.3 Å². The van der Waals surface area contributed by atoms with Crippen molar-refractivity contribution in [3.63, 3.8) is 0 Å². The average molecular weight is 537 g/mol. The van der Waals surface area contributed by atoms with Crippen molar-refractivity contribution in [1.82, 2.24) is 9.78 Å². The Morgan fingerprint density at radius 2 is 1.58 bits per heavy atom. The van der Waals surface area contributed by atoms with Crippen molar-refractivity contribution in [1.29, 1.82) is 0 Å². The summed E-state index contributed by atoms with van der Waals surface area (Å²) >= 11 is 0. The fourth-order valence-corrected chi connectivity index (χ4v) is 4.95. The van der Waals surface area contributed by atoms with Crippen LogP contribution in [0.15, 0.2) is 54.7 Å². The maximum Gasteiger partial charge on any atom is 0.417 e. The molecule has 0 amide bonds. The number of aromatic hydroxyl groups is 1. The van der Waals surface area contributed by atoms with Gasteiger partial charge in [-0.25, -0.2) is 17.9 Å². The van der Waals surface area contributed by atoms with Gasteiger partial charge in [-0.05, 0) is 79.1 Å². The summed E-state index contributed by atoms with van der Waals surface area (Å²) in [5, 5.41) is 25.7. The van der Waals surface area contributed by atoms with E-state index in [-0.39, 0.29) is 23.4 Å². The number of aryl methyl sites for hydroxylation is 2. The van der Waals surface area contributed by atoms with Gasteiger partial charge in [-0.1, -0.05) is 19.9 Å². The van der Waals surface area contributed by atoms with Crippen LogP contribution in [-0.4, -0.2) is 31.8 Å². The molecule has 0 aliphatic carbocycles. The first-order valence-electron chi connectivity index (χ1n) is 11.8. The van der Waals surface area contributed by atoms with Crippen molar-refractivity contribution in [2.75, 3.05) is 0 Å². The largest absolute Gasteiger partial charge is 0.508 e. The van der Waals surface area contributed by atoms with Crippen molar-refractivity contribution >= 4 is 10.9 Å². The van der Waals surface area contributed by atoms with Crippen LogP contribution >= 0.6 is 0 Å². The van der Waals surface area contributed by atoms with Crippen molar-refractivity contribution in [2.45, 2.75) is 57.2 Å². The van der Waals surface area contributed by atoms with E-state index in [1.165, 1.54) is 30.8 Å². The number of hydrogen-bond donors (Lipinski definition) is 2. The number of halogens is 6. The topological polar surface area (TPSA) is 58.3 Å². The molecule has 0 unspecified atom stereocenters. The summed E-state index contributed by atoms with van der Waals surface area (Å²) in [6.45, 7) is 4.50. The Bertz CT molecular complexity index is 1490. The second kappa shape index (κ2) is 9.65. The second-order valence-electron chi connectivity index (χ2n) is 10.3. The van der Waals surface area contributed by atoms with Crippen LogP contribution in [0.2, 0.25) is 0 Å². The molecule has 4 aromatic rings. The lowest BCUT2D eigenvalue weighted by Crippen LogP contribution is -2.49. The maximum atomic E-state index is 14.4. The van der Waals surface area contributed by atoms with E-state index in [1.54, 1.807) is 19.1 Å². The first-order chi connectivity index (χ1) is 17.6. The molecule has 38 heavy (non-hydrogen) atoms. The number of alkyl halides is 3. The fraction of sp³-hybridized carbons (Fsp3) is 0.321. The van der Waals surface area contributed by atoms with Crippen molar-refractivity contribution in [2.24, 2.45) is 0 Å². The van der Waals surface area contributed by atoms with Crippen LogP contribution in [0.25, 0.3) is 16.6 Å². The van der Waals surface area contributed by atoms with E-state index in [1.807, 2.05) is 0 Å². The summed E-state index contributed by atoms with van der Waals surface area (Å²) in [6, 6.07) is 9.35. The Balaban J connectivity index is 1.69. The van der Waals surface area contributed by atoms with Crippen molar-refractivity contribution in [3.8, 4) is 11.4 Å². The highest BCUT2D eigenvalue weighted by Gasteiger charge is 2.55. The van der Waals surface area contributed by atoms with Crippen LogP contribution in [-0.2, 0) is 11.8 Å². The molecule has 3 aromatic carbocycles. The van der Waals surface area contributed by atoms with Crippen molar-refractivity contribution < 1.29 is 36.6 Å². The number of aliphatic hydroxyl groups is 1. The van der Waals surface area contributed by atoms with E-state index in [4.69, 9.17) is 0 Å². The zero-order chi connectivity index (χ0) is 28.0. The van der Waals surface area contributed by atoms with Gasteiger partial charge in [0.15, 0.2) is 11.4 Å². The third-order valence-electron chi connectivity index (χ3n) is 6.81. The molecule has 0 spiro atoms. The molecule has 1 aromatic heterocycles. The molecule has 0 saturated heterocycles. The zero-order valence-corrected chi connectivity index (χ0v) is 20.9. The average Bonchev–Trinajstić information content (AvgIpc) is 3.21. The number of hydrogen-bond acceptors (Lipinski definition) is 3. The third-order valence-corrected chi connectivity index (χ3v) is 6.81. The Morgan fingerprint density at radius 1 is 0.921 bits per heavy atom. The molecule has 0 saturated carbocycles. The molecular weight excluding hydrogens is 510 g/mol. The van der Waals surface area contributed by atoms with Gasteiger partial charge in [0.05, 0.1) is 11.7 Å². The summed E-state index contributed by atoms with van der Waals surface area (Å²) in [5.41, 5.74) is -3.18. The Morgan fingerprint density at radius 3 is 2.24 bits per heavy atom. The molecule has 4 nitrogen and oxygen atoms in total. The van der Waals surface area contributed by atoms with Gasteiger partial charge in [0.2, 0.25) is 0 Å². The first kappa shape index (κ1) is 27.5. The Kier molecular flexibility index (Phi) is 6.98. The lowest BCUT2D eigenvalue weighted by atomic mass is 9.73. The molecular formula is C28H26F6N2O2. The monoisotopic (exact) mass is 536 g/mol. The SMILES string of the molecule is Cc1cc(CC[C@](O)(CC(C)(C)c2cc(F)ccc2O)C(F)(F)F)c2cnn(-c3ccc(F)cc3F)c2c1. The van der Waals surface area contributed by atoms with Crippen LogP contribution in [0.1, 0.15) is 43.4 Å². The first-order valence-corrected chi connectivity index (χ1v) is 11.8. The van der Waals surface area contributed by atoms with E-state index >= 15 is 0 Å². The molecule has 0 aliphatic heterocycles. The molecule has 0 bridgehead atoms. The predicted molar refractivity (Wildman–Crippen MR) is 131 cm³/mol. The molecule has 1 atom stereocenters. The fourth-order valence-electron chi connectivity index (χ4n) is 4.95. The van der Waals surface area contributed by atoms with Crippen LogP contribution in [0.5, 0.6) is 5.75 Å². The van der Waals surface area contributed by atoms with Gasteiger partial charge in [-0.3, -0.25) is 0 Å². The molecule has 1 heterocycles.